The molecule has 5 nitrogen and oxygen atoms in total. The second-order valence-electron chi connectivity index (χ2n) is 4.27. The lowest BCUT2D eigenvalue weighted by molar-refractivity contribution is -0.384. The summed E-state index contributed by atoms with van der Waals surface area (Å²) in [6.45, 7) is 2.62. The topological polar surface area (TPSA) is 75.4 Å². The molecule has 1 aromatic carbocycles. The summed E-state index contributed by atoms with van der Waals surface area (Å²) in [5, 5.41) is 23.4. The highest BCUT2D eigenvalue weighted by Gasteiger charge is 2.31. The molecule has 0 aromatic heterocycles. The molecule has 0 bridgehead atoms. The van der Waals surface area contributed by atoms with Crippen LogP contribution in [0.5, 0.6) is 5.75 Å². The number of nitrogens with one attached hydrogen (secondary N) is 1. The third-order valence-electron chi connectivity index (χ3n) is 2.94. The Kier molecular flexibility index (Phi) is 4.31. The molecule has 0 heterocycles. The maximum Gasteiger partial charge on any atom is 0.270 e. The first-order valence-electron chi connectivity index (χ1n) is 5.27. The smallest absolute Gasteiger partial charge is 0.270 e. The number of nitro benzene ring substituents is 1. The molecule has 1 aliphatic carbocycles. The summed E-state index contributed by atoms with van der Waals surface area (Å²) in [7, 11) is 0. The van der Waals surface area contributed by atoms with Gasteiger partial charge in [-0.25, -0.2) is 0 Å². The minimum Gasteiger partial charge on any atom is -0.508 e. The van der Waals surface area contributed by atoms with Crippen molar-refractivity contribution in [2.45, 2.75) is 25.9 Å². The van der Waals surface area contributed by atoms with Gasteiger partial charge in [0.15, 0.2) is 0 Å². The number of benzene rings is 1. The van der Waals surface area contributed by atoms with E-state index in [4.69, 9.17) is 0 Å². The molecule has 0 radical (unpaired) electrons. The van der Waals surface area contributed by atoms with Gasteiger partial charge in [0.2, 0.25) is 0 Å². The average molecular weight is 259 g/mol. The van der Waals surface area contributed by atoms with Gasteiger partial charge in [-0.2, -0.15) is 0 Å². The van der Waals surface area contributed by atoms with Crippen molar-refractivity contribution in [1.29, 1.82) is 0 Å². The van der Waals surface area contributed by atoms with E-state index in [-0.39, 0.29) is 23.8 Å². The van der Waals surface area contributed by atoms with E-state index in [1.54, 1.807) is 0 Å². The maximum atomic E-state index is 10.6. The summed E-state index contributed by atoms with van der Waals surface area (Å²) in [6, 6.07) is 4.57. The number of rotatable bonds is 4. The second kappa shape index (κ2) is 5.33. The molecule has 1 fully saturated rings. The van der Waals surface area contributed by atoms with E-state index < -0.39 is 4.92 Å². The highest BCUT2D eigenvalue weighted by Crippen LogP contribution is 2.30. The van der Waals surface area contributed by atoms with Crippen LogP contribution in [0, 0.1) is 16.0 Å². The average Bonchev–Trinajstić information content (AvgIpc) is 2.93. The van der Waals surface area contributed by atoms with E-state index in [2.05, 4.69) is 12.2 Å². The second-order valence-corrected chi connectivity index (χ2v) is 4.27. The van der Waals surface area contributed by atoms with Crippen molar-refractivity contribution in [3.63, 3.8) is 0 Å². The lowest BCUT2D eigenvalue weighted by Gasteiger charge is -2.05. The fraction of sp³-hybridized carbons (Fsp3) is 0.455. The minimum absolute atomic E-state index is 0. The monoisotopic (exact) mass is 258 g/mol. The molecular formula is C11H15ClN2O3. The Morgan fingerprint density at radius 1 is 1.59 bits per heavy atom. The molecule has 0 aliphatic heterocycles. The van der Waals surface area contributed by atoms with Crippen LogP contribution >= 0.6 is 12.4 Å². The van der Waals surface area contributed by atoms with Crippen molar-refractivity contribution in [1.82, 2.24) is 5.32 Å². The predicted octanol–water partition coefficient (Wildman–Crippen LogP) is 2.22. The minimum atomic E-state index is -0.456. The van der Waals surface area contributed by atoms with Crippen LogP contribution in [0.4, 0.5) is 5.69 Å². The molecule has 0 saturated heterocycles. The number of non-ortho nitro benzene ring substituents is 1. The number of phenolic OH excluding ortho intramolecular Hbond substituents is 1. The zero-order valence-corrected chi connectivity index (χ0v) is 10.2. The number of aromatic hydroxyl groups is 1. The molecule has 1 aromatic rings. The van der Waals surface area contributed by atoms with Gasteiger partial charge in [0.25, 0.3) is 5.69 Å². The number of hydrogen-bond donors (Lipinski definition) is 2. The molecule has 0 amide bonds. The third-order valence-corrected chi connectivity index (χ3v) is 2.94. The standard InChI is InChI=1S/C11H14N2O3.ClH/c1-7-4-10(7)12-6-8-5-9(13(15)16)2-3-11(8)14;/h2-3,5,7,10,12,14H,4,6H2,1H3;1H. The summed E-state index contributed by atoms with van der Waals surface area (Å²) in [4.78, 5) is 10.1. The summed E-state index contributed by atoms with van der Waals surface area (Å²) >= 11 is 0. The van der Waals surface area contributed by atoms with Gasteiger partial charge in [0, 0.05) is 30.3 Å². The Morgan fingerprint density at radius 2 is 2.24 bits per heavy atom. The molecule has 1 aliphatic rings. The molecule has 94 valence electrons. The molecule has 2 rings (SSSR count). The van der Waals surface area contributed by atoms with E-state index in [1.165, 1.54) is 18.2 Å². The van der Waals surface area contributed by atoms with Crippen LogP contribution in [-0.2, 0) is 6.54 Å². The zero-order chi connectivity index (χ0) is 11.7. The van der Waals surface area contributed by atoms with Crippen LogP contribution in [0.1, 0.15) is 18.9 Å². The van der Waals surface area contributed by atoms with Gasteiger partial charge in [-0.3, -0.25) is 10.1 Å². The van der Waals surface area contributed by atoms with Crippen molar-refractivity contribution < 1.29 is 10.0 Å². The molecule has 2 N–H and O–H groups in total. The van der Waals surface area contributed by atoms with E-state index in [9.17, 15) is 15.2 Å². The van der Waals surface area contributed by atoms with E-state index in [1.807, 2.05) is 0 Å². The number of nitrogens with zero attached hydrogens (tertiary/aromatic N) is 1. The largest absolute Gasteiger partial charge is 0.508 e. The van der Waals surface area contributed by atoms with Crippen LogP contribution in [0.3, 0.4) is 0 Å². The Morgan fingerprint density at radius 3 is 2.76 bits per heavy atom. The van der Waals surface area contributed by atoms with Crippen LogP contribution in [0.25, 0.3) is 0 Å². The van der Waals surface area contributed by atoms with E-state index in [0.29, 0.717) is 24.1 Å². The lowest BCUT2D eigenvalue weighted by Crippen LogP contribution is -2.17. The van der Waals surface area contributed by atoms with Gasteiger partial charge in [-0.05, 0) is 18.4 Å². The quantitative estimate of drug-likeness (QED) is 0.641. The van der Waals surface area contributed by atoms with Crippen LogP contribution in [-0.4, -0.2) is 16.1 Å². The van der Waals surface area contributed by atoms with E-state index >= 15 is 0 Å². The van der Waals surface area contributed by atoms with Crippen molar-refractivity contribution in [3.8, 4) is 5.75 Å². The fourth-order valence-corrected chi connectivity index (χ4v) is 1.67. The van der Waals surface area contributed by atoms with Gasteiger partial charge >= 0.3 is 0 Å². The summed E-state index contributed by atoms with van der Waals surface area (Å²) in [5.74, 6) is 0.771. The first kappa shape index (κ1) is 13.7. The number of phenols is 1. The predicted molar refractivity (Wildman–Crippen MR) is 66.4 cm³/mol. The molecular weight excluding hydrogens is 244 g/mol. The van der Waals surface area contributed by atoms with Gasteiger partial charge in [0.05, 0.1) is 4.92 Å². The first-order chi connectivity index (χ1) is 7.58. The summed E-state index contributed by atoms with van der Waals surface area (Å²) in [6.07, 6.45) is 1.13. The number of hydrogen-bond acceptors (Lipinski definition) is 4. The van der Waals surface area contributed by atoms with Crippen molar-refractivity contribution in [2.75, 3.05) is 0 Å². The zero-order valence-electron chi connectivity index (χ0n) is 9.42. The SMILES string of the molecule is CC1CC1NCc1cc([N+](=O)[O-])ccc1O.Cl. The Bertz CT molecular complexity index is 425. The first-order valence-corrected chi connectivity index (χ1v) is 5.27. The molecule has 6 heteroatoms. The third kappa shape index (κ3) is 3.31. The van der Waals surface area contributed by atoms with Crippen molar-refractivity contribution in [3.05, 3.63) is 33.9 Å². The number of halogens is 1. The van der Waals surface area contributed by atoms with Crippen molar-refractivity contribution in [2.24, 2.45) is 5.92 Å². The fourth-order valence-electron chi connectivity index (χ4n) is 1.67. The van der Waals surface area contributed by atoms with Crippen molar-refractivity contribution >= 4 is 18.1 Å². The highest BCUT2D eigenvalue weighted by molar-refractivity contribution is 5.85. The van der Waals surface area contributed by atoms with Gasteiger partial charge in [0.1, 0.15) is 5.75 Å². The molecule has 2 atom stereocenters. The van der Waals surface area contributed by atoms with Crippen LogP contribution in [0.2, 0.25) is 0 Å². The maximum absolute atomic E-state index is 10.6. The normalized spacial score (nSPS) is 21.7. The summed E-state index contributed by atoms with van der Waals surface area (Å²) in [5.41, 5.74) is 0.590. The molecule has 2 unspecified atom stereocenters. The Balaban J connectivity index is 0.00000144. The molecule has 17 heavy (non-hydrogen) atoms. The van der Waals surface area contributed by atoms with Gasteiger partial charge in [-0.1, -0.05) is 6.92 Å². The van der Waals surface area contributed by atoms with Crippen LogP contribution in [0.15, 0.2) is 18.2 Å². The Hall–Kier alpha value is -1.33. The highest BCUT2D eigenvalue weighted by atomic mass is 35.5. The Labute approximate surface area is 105 Å². The summed E-state index contributed by atoms with van der Waals surface area (Å²) < 4.78 is 0. The van der Waals surface area contributed by atoms with Gasteiger partial charge < -0.3 is 10.4 Å². The van der Waals surface area contributed by atoms with Crippen LogP contribution < -0.4 is 5.32 Å². The molecule has 1 saturated carbocycles. The van der Waals surface area contributed by atoms with E-state index in [0.717, 1.165) is 6.42 Å². The molecule has 0 spiro atoms. The number of nitro groups is 1. The van der Waals surface area contributed by atoms with Gasteiger partial charge in [-0.15, -0.1) is 12.4 Å². The lowest BCUT2D eigenvalue weighted by atomic mass is 10.1.